The fourth-order valence-electron chi connectivity index (χ4n) is 1.64. The Balaban J connectivity index is 3.00. The second-order valence-electron chi connectivity index (χ2n) is 3.96. The van der Waals surface area contributed by atoms with E-state index in [2.05, 4.69) is 0 Å². The summed E-state index contributed by atoms with van der Waals surface area (Å²) in [5, 5.41) is 0. The Kier molecular flexibility index (Phi) is 5.36. The van der Waals surface area contributed by atoms with Gasteiger partial charge in [0, 0.05) is 13.1 Å². The fraction of sp³-hybridized carbons (Fsp3) is 0.429. The lowest BCUT2D eigenvalue weighted by Crippen LogP contribution is -2.33. The molecule has 0 spiro atoms. The van der Waals surface area contributed by atoms with Crippen LogP contribution in [0.1, 0.15) is 31.1 Å². The van der Waals surface area contributed by atoms with Gasteiger partial charge >= 0.3 is 6.09 Å². The van der Waals surface area contributed by atoms with Crippen LogP contribution in [0.25, 0.3) is 0 Å². The van der Waals surface area contributed by atoms with E-state index >= 15 is 0 Å². The number of hydrogen-bond acceptors (Lipinski definition) is 4. The van der Waals surface area contributed by atoms with Crippen LogP contribution in [0.4, 0.5) is 4.79 Å². The Morgan fingerprint density at radius 2 is 1.84 bits per heavy atom. The summed E-state index contributed by atoms with van der Waals surface area (Å²) in [5.41, 5.74) is 0.333. The highest BCUT2D eigenvalue weighted by atomic mass is 16.6. The quantitative estimate of drug-likeness (QED) is 0.768. The molecule has 0 saturated carbocycles. The van der Waals surface area contributed by atoms with Gasteiger partial charge in [0.2, 0.25) is 0 Å². The first-order valence-electron chi connectivity index (χ1n) is 6.19. The van der Waals surface area contributed by atoms with Crippen LogP contribution in [0.3, 0.4) is 0 Å². The van der Waals surface area contributed by atoms with Gasteiger partial charge in [-0.1, -0.05) is 0 Å². The molecule has 1 aromatic carbocycles. The van der Waals surface area contributed by atoms with E-state index in [1.54, 1.807) is 18.2 Å². The zero-order valence-corrected chi connectivity index (χ0v) is 11.7. The molecule has 0 aliphatic heterocycles. The third kappa shape index (κ3) is 3.71. The minimum Gasteiger partial charge on any atom is -0.497 e. The average molecular weight is 265 g/mol. The molecule has 0 radical (unpaired) electrons. The normalized spacial score (nSPS) is 9.89. The molecule has 1 amide bonds. The second-order valence-corrected chi connectivity index (χ2v) is 3.96. The molecule has 0 atom stereocenters. The molecule has 0 bridgehead atoms. The van der Waals surface area contributed by atoms with E-state index in [4.69, 9.17) is 9.47 Å². The van der Waals surface area contributed by atoms with Gasteiger partial charge in [-0.05, 0) is 39.0 Å². The number of Topliss-reactive ketones (excluding diaryl/α,β-unsaturated/α-hetero) is 1. The maximum atomic E-state index is 11.9. The molecule has 1 aromatic rings. The van der Waals surface area contributed by atoms with Crippen LogP contribution >= 0.6 is 0 Å². The molecule has 19 heavy (non-hydrogen) atoms. The predicted octanol–water partition coefficient (Wildman–Crippen LogP) is 2.74. The maximum Gasteiger partial charge on any atom is 0.415 e. The highest BCUT2D eigenvalue weighted by Crippen LogP contribution is 2.25. The fourth-order valence-corrected chi connectivity index (χ4v) is 1.64. The van der Waals surface area contributed by atoms with Gasteiger partial charge in [0.15, 0.2) is 5.78 Å². The number of carbonyl (C=O) groups excluding carboxylic acids is 2. The molecule has 0 heterocycles. The zero-order valence-electron chi connectivity index (χ0n) is 11.7. The van der Waals surface area contributed by atoms with E-state index in [0.29, 0.717) is 24.4 Å². The molecule has 5 nitrogen and oxygen atoms in total. The minimum atomic E-state index is -0.460. The summed E-state index contributed by atoms with van der Waals surface area (Å²) in [5.74, 6) is 0.624. The third-order valence-corrected chi connectivity index (χ3v) is 2.78. The molecule has 1 rings (SSSR count). The molecule has 0 saturated heterocycles. The SMILES string of the molecule is CCN(CC)C(=O)Oc1ccc(OC)cc1C(C)=O. The molecule has 0 unspecified atom stereocenters. The number of ketones is 1. The smallest absolute Gasteiger partial charge is 0.415 e. The zero-order chi connectivity index (χ0) is 14.4. The molecule has 104 valence electrons. The first-order valence-corrected chi connectivity index (χ1v) is 6.19. The van der Waals surface area contributed by atoms with Crippen molar-refractivity contribution in [1.82, 2.24) is 4.90 Å². The second kappa shape index (κ2) is 6.78. The summed E-state index contributed by atoms with van der Waals surface area (Å²) in [6.07, 6.45) is -0.460. The number of rotatable bonds is 5. The summed E-state index contributed by atoms with van der Waals surface area (Å²) in [4.78, 5) is 25.0. The lowest BCUT2D eigenvalue weighted by Gasteiger charge is -2.18. The number of nitrogens with zero attached hydrogens (tertiary/aromatic N) is 1. The summed E-state index contributed by atoms with van der Waals surface area (Å²) in [6.45, 7) is 6.26. The van der Waals surface area contributed by atoms with Crippen molar-refractivity contribution in [2.45, 2.75) is 20.8 Å². The van der Waals surface area contributed by atoms with Crippen LogP contribution in [-0.4, -0.2) is 37.0 Å². The van der Waals surface area contributed by atoms with Gasteiger partial charge in [0.05, 0.1) is 12.7 Å². The summed E-state index contributed by atoms with van der Waals surface area (Å²) in [7, 11) is 1.51. The van der Waals surface area contributed by atoms with Crippen LogP contribution in [0.5, 0.6) is 11.5 Å². The van der Waals surface area contributed by atoms with E-state index in [1.807, 2.05) is 13.8 Å². The number of hydrogen-bond donors (Lipinski definition) is 0. The Hall–Kier alpha value is -2.04. The molecule has 0 aliphatic rings. The van der Waals surface area contributed by atoms with Crippen LogP contribution in [-0.2, 0) is 0 Å². The van der Waals surface area contributed by atoms with Crippen molar-refractivity contribution < 1.29 is 19.1 Å². The van der Waals surface area contributed by atoms with Gasteiger partial charge in [-0.25, -0.2) is 4.79 Å². The molecule has 0 N–H and O–H groups in total. The van der Waals surface area contributed by atoms with Crippen molar-refractivity contribution in [2.24, 2.45) is 0 Å². The van der Waals surface area contributed by atoms with E-state index in [9.17, 15) is 9.59 Å². The molecule has 0 fully saturated rings. The predicted molar refractivity (Wildman–Crippen MR) is 71.9 cm³/mol. The van der Waals surface area contributed by atoms with Crippen molar-refractivity contribution >= 4 is 11.9 Å². The van der Waals surface area contributed by atoms with Crippen LogP contribution in [0.2, 0.25) is 0 Å². The average Bonchev–Trinajstić information content (AvgIpc) is 2.40. The Morgan fingerprint density at radius 1 is 1.21 bits per heavy atom. The number of ether oxygens (including phenoxy) is 2. The first kappa shape index (κ1) is 15.0. The Morgan fingerprint density at radius 3 is 2.32 bits per heavy atom. The van der Waals surface area contributed by atoms with Crippen LogP contribution < -0.4 is 9.47 Å². The van der Waals surface area contributed by atoms with Crippen molar-refractivity contribution in [1.29, 1.82) is 0 Å². The maximum absolute atomic E-state index is 11.9. The van der Waals surface area contributed by atoms with Gasteiger partial charge < -0.3 is 14.4 Å². The lowest BCUT2D eigenvalue weighted by atomic mass is 10.1. The molecular weight excluding hydrogens is 246 g/mol. The highest BCUT2D eigenvalue weighted by molar-refractivity contribution is 5.97. The number of carbonyl (C=O) groups is 2. The summed E-state index contributed by atoms with van der Waals surface area (Å²) < 4.78 is 10.3. The van der Waals surface area contributed by atoms with E-state index in [-0.39, 0.29) is 11.5 Å². The minimum absolute atomic E-state index is 0.179. The topological polar surface area (TPSA) is 55.8 Å². The lowest BCUT2D eigenvalue weighted by molar-refractivity contribution is 0.101. The van der Waals surface area contributed by atoms with Crippen LogP contribution in [0, 0.1) is 0 Å². The van der Waals surface area contributed by atoms with Gasteiger partial charge in [0.25, 0.3) is 0 Å². The van der Waals surface area contributed by atoms with E-state index in [1.165, 1.54) is 18.9 Å². The molecule has 5 heteroatoms. The molecule has 0 aliphatic carbocycles. The first-order chi connectivity index (χ1) is 9.03. The van der Waals surface area contributed by atoms with Crippen molar-refractivity contribution in [2.75, 3.05) is 20.2 Å². The van der Waals surface area contributed by atoms with Crippen molar-refractivity contribution in [3.05, 3.63) is 23.8 Å². The summed E-state index contributed by atoms with van der Waals surface area (Å²) in [6, 6.07) is 4.78. The monoisotopic (exact) mass is 265 g/mol. The molecular formula is C14H19NO4. The standard InChI is InChI=1S/C14H19NO4/c1-5-15(6-2)14(17)19-13-8-7-11(18-4)9-12(13)10(3)16/h7-9H,5-6H2,1-4H3. The number of benzene rings is 1. The van der Waals surface area contributed by atoms with Gasteiger partial charge in [-0.15, -0.1) is 0 Å². The number of amides is 1. The highest BCUT2D eigenvalue weighted by Gasteiger charge is 2.16. The summed E-state index contributed by atoms with van der Waals surface area (Å²) >= 11 is 0. The molecule has 0 aromatic heterocycles. The van der Waals surface area contributed by atoms with E-state index in [0.717, 1.165) is 0 Å². The van der Waals surface area contributed by atoms with Crippen molar-refractivity contribution in [3.63, 3.8) is 0 Å². The largest absolute Gasteiger partial charge is 0.497 e. The van der Waals surface area contributed by atoms with Gasteiger partial charge in [-0.2, -0.15) is 0 Å². The van der Waals surface area contributed by atoms with Crippen molar-refractivity contribution in [3.8, 4) is 11.5 Å². The Bertz CT molecular complexity index is 467. The van der Waals surface area contributed by atoms with Crippen LogP contribution in [0.15, 0.2) is 18.2 Å². The third-order valence-electron chi connectivity index (χ3n) is 2.78. The van der Waals surface area contributed by atoms with E-state index < -0.39 is 6.09 Å². The van der Waals surface area contributed by atoms with Gasteiger partial charge in [0.1, 0.15) is 11.5 Å². The number of methoxy groups -OCH3 is 1. The van der Waals surface area contributed by atoms with Gasteiger partial charge in [-0.3, -0.25) is 4.79 Å². The Labute approximate surface area is 113 Å².